The molecule has 0 N–H and O–H groups in total. The second-order valence-corrected chi connectivity index (χ2v) is 6.51. The minimum atomic E-state index is 0.133. The van der Waals surface area contributed by atoms with Gasteiger partial charge in [0.05, 0.1) is 19.6 Å². The molecule has 0 aliphatic heterocycles. The molecule has 124 valence electrons. The van der Waals surface area contributed by atoms with Crippen molar-refractivity contribution < 1.29 is 9.28 Å². The van der Waals surface area contributed by atoms with Crippen molar-refractivity contribution in [3.8, 4) is 0 Å². The van der Waals surface area contributed by atoms with Gasteiger partial charge in [0.2, 0.25) is 0 Å². The van der Waals surface area contributed by atoms with Crippen LogP contribution in [0, 0.1) is 13.8 Å². The molecule has 1 unspecified atom stereocenters. The van der Waals surface area contributed by atoms with Crippen LogP contribution < -0.4 is 0 Å². The first-order chi connectivity index (χ1) is 10.5. The fourth-order valence-electron chi connectivity index (χ4n) is 3.92. The van der Waals surface area contributed by atoms with E-state index in [0.29, 0.717) is 12.2 Å². The summed E-state index contributed by atoms with van der Waals surface area (Å²) in [4.78, 5) is 13.1. The van der Waals surface area contributed by atoms with Crippen LogP contribution in [-0.2, 0) is 11.2 Å². The average molecular weight is 304 g/mol. The first kappa shape index (κ1) is 18.9. The van der Waals surface area contributed by atoms with Crippen LogP contribution in [0.5, 0.6) is 0 Å². The maximum atomic E-state index is 13.1. The number of carbonyl (C=O) groups is 1. The highest BCUT2D eigenvalue weighted by molar-refractivity contribution is 5.85. The predicted molar refractivity (Wildman–Crippen MR) is 95.2 cm³/mol. The first-order valence-corrected chi connectivity index (χ1v) is 8.89. The SMILES string of the molecule is CCC[N+](CC)(CC)C(CC)C(=O)Cc1c(C)cccc1C. The second-order valence-electron chi connectivity index (χ2n) is 6.51. The van der Waals surface area contributed by atoms with E-state index in [9.17, 15) is 4.79 Å². The van der Waals surface area contributed by atoms with Crippen molar-refractivity contribution in [3.63, 3.8) is 0 Å². The first-order valence-electron chi connectivity index (χ1n) is 8.89. The molecule has 0 aromatic heterocycles. The van der Waals surface area contributed by atoms with Gasteiger partial charge in [-0.15, -0.1) is 0 Å². The van der Waals surface area contributed by atoms with Crippen LogP contribution in [0.1, 0.15) is 57.2 Å². The number of hydrogen-bond acceptors (Lipinski definition) is 1. The van der Waals surface area contributed by atoms with E-state index in [-0.39, 0.29) is 6.04 Å². The summed E-state index contributed by atoms with van der Waals surface area (Å²) >= 11 is 0. The molecule has 0 aliphatic carbocycles. The lowest BCUT2D eigenvalue weighted by atomic mass is 9.93. The van der Waals surface area contributed by atoms with Gasteiger partial charge in [-0.2, -0.15) is 0 Å². The molecule has 0 saturated carbocycles. The summed E-state index contributed by atoms with van der Waals surface area (Å²) < 4.78 is 0.941. The van der Waals surface area contributed by atoms with Crippen molar-refractivity contribution in [2.75, 3.05) is 19.6 Å². The van der Waals surface area contributed by atoms with E-state index in [1.807, 2.05) is 0 Å². The van der Waals surface area contributed by atoms with E-state index in [1.165, 1.54) is 16.7 Å². The van der Waals surface area contributed by atoms with Crippen molar-refractivity contribution in [3.05, 3.63) is 34.9 Å². The van der Waals surface area contributed by atoms with Gasteiger partial charge in [0.1, 0.15) is 6.04 Å². The van der Waals surface area contributed by atoms with Gasteiger partial charge in [0.25, 0.3) is 0 Å². The summed E-state index contributed by atoms with van der Waals surface area (Å²) in [6.07, 6.45) is 2.65. The molecule has 1 aromatic carbocycles. The number of aryl methyl sites for hydroxylation is 2. The number of benzene rings is 1. The van der Waals surface area contributed by atoms with E-state index < -0.39 is 0 Å². The van der Waals surface area contributed by atoms with Gasteiger partial charge in [-0.1, -0.05) is 32.0 Å². The molecule has 2 heteroatoms. The zero-order chi connectivity index (χ0) is 16.8. The van der Waals surface area contributed by atoms with Gasteiger partial charge >= 0.3 is 0 Å². The molecule has 1 aromatic rings. The Morgan fingerprint density at radius 1 is 1.05 bits per heavy atom. The predicted octanol–water partition coefficient (Wildman–Crippen LogP) is 4.46. The molecule has 1 atom stereocenters. The summed E-state index contributed by atoms with van der Waals surface area (Å²) in [5, 5.41) is 0. The molecule has 0 spiro atoms. The van der Waals surface area contributed by atoms with Crippen molar-refractivity contribution in [2.24, 2.45) is 0 Å². The molecule has 1 rings (SSSR count). The molecule has 0 amide bonds. The fraction of sp³-hybridized carbons (Fsp3) is 0.650. The van der Waals surface area contributed by atoms with E-state index >= 15 is 0 Å². The van der Waals surface area contributed by atoms with E-state index in [1.54, 1.807) is 0 Å². The van der Waals surface area contributed by atoms with E-state index in [2.05, 4.69) is 59.7 Å². The molecule has 0 fully saturated rings. The van der Waals surface area contributed by atoms with Crippen molar-refractivity contribution >= 4 is 5.78 Å². The number of likely N-dealkylation sites (N-methyl/N-ethyl adjacent to an activating group) is 1. The number of ketones is 1. The Bertz CT molecular complexity index is 468. The van der Waals surface area contributed by atoms with Gasteiger partial charge < -0.3 is 4.48 Å². The topological polar surface area (TPSA) is 17.1 Å². The fourth-order valence-corrected chi connectivity index (χ4v) is 3.92. The molecule has 2 nitrogen and oxygen atoms in total. The Labute approximate surface area is 137 Å². The molecular weight excluding hydrogens is 270 g/mol. The maximum absolute atomic E-state index is 13.1. The summed E-state index contributed by atoms with van der Waals surface area (Å²) in [6, 6.07) is 6.44. The van der Waals surface area contributed by atoms with Crippen LogP contribution in [0.15, 0.2) is 18.2 Å². The van der Waals surface area contributed by atoms with Gasteiger partial charge in [-0.3, -0.25) is 4.79 Å². The quantitative estimate of drug-likeness (QED) is 0.616. The standard InChI is InChI=1S/C20H34NO/c1-7-14-21(9-3,10-4)19(8-2)20(22)15-18-16(5)12-11-13-17(18)6/h11-13,19H,7-10,14-15H2,1-6H3/q+1. The maximum Gasteiger partial charge on any atom is 0.194 e. The number of carbonyl (C=O) groups excluding carboxylic acids is 1. The van der Waals surface area contributed by atoms with Gasteiger partial charge in [-0.05, 0) is 50.8 Å². The largest absolute Gasteiger partial charge is 0.315 e. The second kappa shape index (κ2) is 8.47. The van der Waals surface area contributed by atoms with Crippen LogP contribution in [0.2, 0.25) is 0 Å². The van der Waals surface area contributed by atoms with Crippen molar-refractivity contribution in [2.45, 2.75) is 66.8 Å². The van der Waals surface area contributed by atoms with E-state index in [4.69, 9.17) is 0 Å². The lowest BCUT2D eigenvalue weighted by Crippen LogP contribution is -2.59. The molecular formula is C20H34NO+. The summed E-state index contributed by atoms with van der Waals surface area (Å²) in [5.41, 5.74) is 3.71. The van der Waals surface area contributed by atoms with Crippen molar-refractivity contribution in [1.82, 2.24) is 0 Å². The van der Waals surface area contributed by atoms with E-state index in [0.717, 1.165) is 37.0 Å². The molecule has 0 bridgehead atoms. The smallest absolute Gasteiger partial charge is 0.194 e. The minimum Gasteiger partial charge on any atom is -0.315 e. The van der Waals surface area contributed by atoms with Crippen LogP contribution >= 0.6 is 0 Å². The highest BCUT2D eigenvalue weighted by Gasteiger charge is 2.37. The number of rotatable bonds is 9. The third-order valence-corrected chi connectivity index (χ3v) is 5.34. The van der Waals surface area contributed by atoms with Gasteiger partial charge in [0, 0.05) is 12.8 Å². The normalized spacial score (nSPS) is 13.2. The number of Topliss-reactive ketones (excluding diaryl/α,β-unsaturated/α-hetero) is 1. The summed E-state index contributed by atoms with van der Waals surface area (Å²) in [6.45, 7) is 16.3. The van der Waals surface area contributed by atoms with Gasteiger partial charge in [0.15, 0.2) is 5.78 Å². The summed E-state index contributed by atoms with van der Waals surface area (Å²) in [5.74, 6) is 0.414. The highest BCUT2D eigenvalue weighted by atomic mass is 16.1. The Morgan fingerprint density at radius 2 is 1.59 bits per heavy atom. The monoisotopic (exact) mass is 304 g/mol. The van der Waals surface area contributed by atoms with Crippen LogP contribution in [0.25, 0.3) is 0 Å². The van der Waals surface area contributed by atoms with Crippen molar-refractivity contribution in [1.29, 1.82) is 0 Å². The Balaban J connectivity index is 3.06. The summed E-state index contributed by atoms with van der Waals surface area (Å²) in [7, 11) is 0. The lowest BCUT2D eigenvalue weighted by molar-refractivity contribution is -0.939. The number of hydrogen-bond donors (Lipinski definition) is 0. The Morgan fingerprint density at radius 3 is 2.00 bits per heavy atom. The molecule has 0 saturated heterocycles. The molecule has 0 radical (unpaired) electrons. The van der Waals surface area contributed by atoms with Crippen LogP contribution in [0.3, 0.4) is 0 Å². The average Bonchev–Trinajstić information content (AvgIpc) is 2.50. The highest BCUT2D eigenvalue weighted by Crippen LogP contribution is 2.22. The minimum absolute atomic E-state index is 0.133. The number of quaternary nitrogens is 1. The Hall–Kier alpha value is -1.15. The third kappa shape index (κ3) is 3.98. The van der Waals surface area contributed by atoms with Crippen LogP contribution in [0.4, 0.5) is 0 Å². The molecule has 22 heavy (non-hydrogen) atoms. The molecule has 0 heterocycles. The lowest BCUT2D eigenvalue weighted by Gasteiger charge is -2.42. The number of nitrogens with zero attached hydrogens (tertiary/aromatic N) is 1. The van der Waals surface area contributed by atoms with Crippen LogP contribution in [-0.4, -0.2) is 35.9 Å². The molecule has 0 aliphatic rings. The van der Waals surface area contributed by atoms with Gasteiger partial charge in [-0.25, -0.2) is 0 Å². The third-order valence-electron chi connectivity index (χ3n) is 5.34. The zero-order valence-electron chi connectivity index (χ0n) is 15.4. The zero-order valence-corrected chi connectivity index (χ0v) is 15.4. The Kier molecular flexibility index (Phi) is 7.28.